The molecule has 6 nitrogen and oxygen atoms in total. The van der Waals surface area contributed by atoms with Crippen LogP contribution in [0, 0.1) is 0 Å². The standard InChI is InChI=1S/C17H17N5O/c23-17(11-16-19-21-22-20-16)18-12-15(13-7-3-1-4-8-13)14-9-5-2-6-10-14/h1-10,15H,11-12H2,(H,18,23)(H,19,20,21,22). The summed E-state index contributed by atoms with van der Waals surface area (Å²) >= 11 is 0. The Labute approximate surface area is 133 Å². The molecule has 3 aromatic rings. The summed E-state index contributed by atoms with van der Waals surface area (Å²) < 4.78 is 0. The monoisotopic (exact) mass is 307 g/mol. The molecule has 1 aromatic heterocycles. The molecule has 0 fully saturated rings. The number of amides is 1. The van der Waals surface area contributed by atoms with Gasteiger partial charge in [0.15, 0.2) is 5.82 Å². The lowest BCUT2D eigenvalue weighted by molar-refractivity contribution is -0.120. The van der Waals surface area contributed by atoms with Crippen LogP contribution in [0.4, 0.5) is 0 Å². The summed E-state index contributed by atoms with van der Waals surface area (Å²) in [5, 5.41) is 16.3. The topological polar surface area (TPSA) is 83.6 Å². The molecular formula is C17H17N5O. The van der Waals surface area contributed by atoms with Crippen LogP contribution in [-0.4, -0.2) is 33.1 Å². The molecule has 2 aromatic carbocycles. The van der Waals surface area contributed by atoms with Gasteiger partial charge in [0.1, 0.15) is 0 Å². The quantitative estimate of drug-likeness (QED) is 0.726. The third kappa shape index (κ3) is 4.00. The van der Waals surface area contributed by atoms with Crippen molar-refractivity contribution in [2.45, 2.75) is 12.3 Å². The first kappa shape index (κ1) is 14.9. The maximum Gasteiger partial charge on any atom is 0.227 e. The van der Waals surface area contributed by atoms with Crippen molar-refractivity contribution in [1.29, 1.82) is 0 Å². The maximum atomic E-state index is 12.0. The van der Waals surface area contributed by atoms with E-state index in [0.717, 1.165) is 0 Å². The Balaban J connectivity index is 1.71. The van der Waals surface area contributed by atoms with E-state index in [1.165, 1.54) is 11.1 Å². The highest BCUT2D eigenvalue weighted by Crippen LogP contribution is 2.23. The first-order valence-electron chi connectivity index (χ1n) is 7.42. The summed E-state index contributed by atoms with van der Waals surface area (Å²) in [5.74, 6) is 0.369. The SMILES string of the molecule is O=C(Cc1nn[nH]n1)NCC(c1ccccc1)c1ccccc1. The molecule has 0 saturated carbocycles. The Kier molecular flexibility index (Phi) is 4.73. The highest BCUT2D eigenvalue weighted by atomic mass is 16.1. The first-order valence-corrected chi connectivity index (χ1v) is 7.42. The fourth-order valence-electron chi connectivity index (χ4n) is 2.48. The van der Waals surface area contributed by atoms with Gasteiger partial charge in [-0.15, -0.1) is 10.2 Å². The zero-order valence-electron chi connectivity index (χ0n) is 12.5. The lowest BCUT2D eigenvalue weighted by atomic mass is 9.91. The molecule has 23 heavy (non-hydrogen) atoms. The van der Waals surface area contributed by atoms with Crippen LogP contribution in [0.3, 0.4) is 0 Å². The molecule has 3 rings (SSSR count). The highest BCUT2D eigenvalue weighted by molar-refractivity contribution is 5.77. The predicted octanol–water partition coefficient (Wildman–Crippen LogP) is 1.69. The average Bonchev–Trinajstić information content (AvgIpc) is 3.10. The van der Waals surface area contributed by atoms with Gasteiger partial charge >= 0.3 is 0 Å². The van der Waals surface area contributed by atoms with Gasteiger partial charge in [0.25, 0.3) is 0 Å². The third-order valence-corrected chi connectivity index (χ3v) is 3.62. The fourth-order valence-corrected chi connectivity index (χ4v) is 2.48. The summed E-state index contributed by atoms with van der Waals surface area (Å²) in [6.07, 6.45) is 0.118. The van der Waals surface area contributed by atoms with Crippen LogP contribution in [0.5, 0.6) is 0 Å². The second-order valence-electron chi connectivity index (χ2n) is 5.18. The van der Waals surface area contributed by atoms with E-state index in [0.29, 0.717) is 12.4 Å². The van der Waals surface area contributed by atoms with E-state index in [2.05, 4.69) is 50.2 Å². The Hall–Kier alpha value is -3.02. The van der Waals surface area contributed by atoms with Crippen molar-refractivity contribution in [3.63, 3.8) is 0 Å². The number of carbonyl (C=O) groups excluding carboxylic acids is 1. The molecule has 0 bridgehead atoms. The molecule has 0 aliphatic carbocycles. The van der Waals surface area contributed by atoms with Gasteiger partial charge in [-0.3, -0.25) is 4.79 Å². The number of tetrazole rings is 1. The number of aromatic amines is 1. The number of hydrogen-bond donors (Lipinski definition) is 2. The van der Waals surface area contributed by atoms with Crippen LogP contribution >= 0.6 is 0 Å². The number of H-pyrrole nitrogens is 1. The van der Waals surface area contributed by atoms with Gasteiger partial charge in [-0.2, -0.15) is 5.21 Å². The van der Waals surface area contributed by atoms with Gasteiger partial charge in [-0.05, 0) is 11.1 Å². The Morgan fingerprint density at radius 1 is 1.00 bits per heavy atom. The fraction of sp³-hybridized carbons (Fsp3) is 0.176. The highest BCUT2D eigenvalue weighted by Gasteiger charge is 2.15. The average molecular weight is 307 g/mol. The molecule has 1 heterocycles. The normalized spacial score (nSPS) is 10.7. The minimum atomic E-state index is -0.122. The lowest BCUT2D eigenvalue weighted by Gasteiger charge is -2.18. The molecule has 0 atom stereocenters. The Morgan fingerprint density at radius 2 is 1.61 bits per heavy atom. The van der Waals surface area contributed by atoms with Crippen molar-refractivity contribution in [2.24, 2.45) is 0 Å². The van der Waals surface area contributed by atoms with Crippen LogP contribution in [0.25, 0.3) is 0 Å². The van der Waals surface area contributed by atoms with Gasteiger partial charge < -0.3 is 5.32 Å². The number of carbonyl (C=O) groups is 1. The van der Waals surface area contributed by atoms with E-state index in [1.807, 2.05) is 36.4 Å². The predicted molar refractivity (Wildman–Crippen MR) is 85.6 cm³/mol. The summed E-state index contributed by atoms with van der Waals surface area (Å²) in [4.78, 5) is 12.0. The molecular weight excluding hydrogens is 290 g/mol. The molecule has 0 aliphatic rings. The van der Waals surface area contributed by atoms with Gasteiger partial charge in [0, 0.05) is 12.5 Å². The molecule has 2 N–H and O–H groups in total. The van der Waals surface area contributed by atoms with E-state index in [9.17, 15) is 4.79 Å². The smallest absolute Gasteiger partial charge is 0.227 e. The van der Waals surface area contributed by atoms with E-state index in [4.69, 9.17) is 0 Å². The summed E-state index contributed by atoms with van der Waals surface area (Å²) in [5.41, 5.74) is 2.33. The van der Waals surface area contributed by atoms with Crippen molar-refractivity contribution < 1.29 is 4.79 Å². The van der Waals surface area contributed by atoms with E-state index in [-0.39, 0.29) is 18.2 Å². The molecule has 0 radical (unpaired) electrons. The molecule has 6 heteroatoms. The maximum absolute atomic E-state index is 12.0. The summed E-state index contributed by atoms with van der Waals surface area (Å²) in [6.45, 7) is 0.519. The number of nitrogens with one attached hydrogen (secondary N) is 2. The number of aromatic nitrogens is 4. The zero-order chi connectivity index (χ0) is 15.9. The molecule has 1 amide bonds. The van der Waals surface area contributed by atoms with Gasteiger partial charge in [-0.25, -0.2) is 0 Å². The molecule has 0 aliphatic heterocycles. The second-order valence-corrected chi connectivity index (χ2v) is 5.18. The van der Waals surface area contributed by atoms with Crippen LogP contribution in [0.15, 0.2) is 60.7 Å². The van der Waals surface area contributed by atoms with Crippen LogP contribution in [-0.2, 0) is 11.2 Å². The minimum absolute atomic E-state index is 0.103. The number of benzene rings is 2. The zero-order valence-corrected chi connectivity index (χ0v) is 12.5. The van der Waals surface area contributed by atoms with Crippen molar-refractivity contribution in [3.05, 3.63) is 77.6 Å². The van der Waals surface area contributed by atoms with Gasteiger partial charge in [-0.1, -0.05) is 65.9 Å². The summed E-state index contributed by atoms with van der Waals surface area (Å²) in [6, 6.07) is 20.3. The molecule has 0 spiro atoms. The first-order chi connectivity index (χ1) is 11.3. The number of rotatable bonds is 6. The third-order valence-electron chi connectivity index (χ3n) is 3.62. The summed E-state index contributed by atoms with van der Waals surface area (Å²) in [7, 11) is 0. The Morgan fingerprint density at radius 3 is 2.13 bits per heavy atom. The van der Waals surface area contributed by atoms with E-state index in [1.54, 1.807) is 0 Å². The number of nitrogens with zero attached hydrogens (tertiary/aromatic N) is 3. The van der Waals surface area contributed by atoms with Crippen LogP contribution in [0.1, 0.15) is 22.9 Å². The van der Waals surface area contributed by atoms with Gasteiger partial charge in [0.05, 0.1) is 6.42 Å². The van der Waals surface area contributed by atoms with Gasteiger partial charge in [0.2, 0.25) is 5.91 Å². The van der Waals surface area contributed by atoms with Crippen LogP contribution in [0.2, 0.25) is 0 Å². The molecule has 0 saturated heterocycles. The van der Waals surface area contributed by atoms with E-state index >= 15 is 0 Å². The van der Waals surface area contributed by atoms with E-state index < -0.39 is 0 Å². The lowest BCUT2D eigenvalue weighted by Crippen LogP contribution is -2.30. The number of hydrogen-bond acceptors (Lipinski definition) is 4. The minimum Gasteiger partial charge on any atom is -0.355 e. The molecule has 116 valence electrons. The largest absolute Gasteiger partial charge is 0.355 e. The Bertz CT molecular complexity index is 689. The van der Waals surface area contributed by atoms with Crippen molar-refractivity contribution in [3.8, 4) is 0 Å². The molecule has 0 unspecified atom stereocenters. The van der Waals surface area contributed by atoms with Crippen molar-refractivity contribution >= 4 is 5.91 Å². The van der Waals surface area contributed by atoms with Crippen LogP contribution < -0.4 is 5.32 Å². The van der Waals surface area contributed by atoms with Crippen molar-refractivity contribution in [1.82, 2.24) is 25.9 Å². The second kappa shape index (κ2) is 7.31. The van der Waals surface area contributed by atoms with Crippen molar-refractivity contribution in [2.75, 3.05) is 6.54 Å².